The zero-order valence-electron chi connectivity index (χ0n) is 9.16. The van der Waals surface area contributed by atoms with E-state index in [1.54, 1.807) is 6.07 Å². The quantitative estimate of drug-likeness (QED) is 0.823. The number of carboxylic acid groups (broad SMARTS) is 1. The van der Waals surface area contributed by atoms with Crippen molar-refractivity contribution in [1.82, 2.24) is 15.5 Å². The van der Waals surface area contributed by atoms with Gasteiger partial charge in [-0.25, -0.2) is 9.78 Å². The molecule has 0 fully saturated rings. The smallest absolute Gasteiger partial charge is 0.354 e. The van der Waals surface area contributed by atoms with Gasteiger partial charge in [0.1, 0.15) is 23.3 Å². The first-order valence-corrected chi connectivity index (χ1v) is 5.04. The Morgan fingerprint density at radius 2 is 2.06 bits per heavy atom. The molecule has 0 aliphatic heterocycles. The van der Waals surface area contributed by atoms with Crippen LogP contribution in [-0.2, 0) is 6.54 Å². The minimum Gasteiger partial charge on any atom is -0.477 e. The van der Waals surface area contributed by atoms with Crippen LogP contribution in [-0.4, -0.2) is 27.1 Å². The molecule has 0 bridgehead atoms. The second-order valence-electron chi connectivity index (χ2n) is 3.39. The molecule has 2 N–H and O–H groups in total. The SMILES string of the molecule is O=C(O)c1cccc(C(=O)NCc2ccon2)n1. The lowest BCUT2D eigenvalue weighted by atomic mass is 10.3. The third-order valence-electron chi connectivity index (χ3n) is 2.12. The lowest BCUT2D eigenvalue weighted by molar-refractivity contribution is 0.0690. The minimum atomic E-state index is -1.18. The number of aromatic nitrogens is 2. The highest BCUT2D eigenvalue weighted by Gasteiger charge is 2.11. The summed E-state index contributed by atoms with van der Waals surface area (Å²) in [5, 5.41) is 14.9. The summed E-state index contributed by atoms with van der Waals surface area (Å²) in [7, 11) is 0. The Labute approximate surface area is 101 Å². The summed E-state index contributed by atoms with van der Waals surface area (Å²) in [5.74, 6) is -1.65. The number of pyridine rings is 1. The Hall–Kier alpha value is -2.70. The summed E-state index contributed by atoms with van der Waals surface area (Å²) < 4.78 is 4.61. The Morgan fingerprint density at radius 1 is 1.28 bits per heavy atom. The molecule has 0 atom stereocenters. The summed E-state index contributed by atoms with van der Waals surface area (Å²) in [6.45, 7) is 0.189. The summed E-state index contributed by atoms with van der Waals surface area (Å²) in [6.07, 6.45) is 1.39. The van der Waals surface area contributed by atoms with Gasteiger partial charge in [0, 0.05) is 6.07 Å². The first-order chi connectivity index (χ1) is 8.66. The molecule has 2 rings (SSSR count). The number of amides is 1. The fourth-order valence-electron chi connectivity index (χ4n) is 1.27. The number of hydrogen-bond donors (Lipinski definition) is 2. The van der Waals surface area contributed by atoms with E-state index in [0.29, 0.717) is 5.69 Å². The first-order valence-electron chi connectivity index (χ1n) is 5.04. The van der Waals surface area contributed by atoms with Gasteiger partial charge in [0.15, 0.2) is 0 Å². The van der Waals surface area contributed by atoms with Crippen LogP contribution in [0.5, 0.6) is 0 Å². The third-order valence-corrected chi connectivity index (χ3v) is 2.12. The molecule has 7 heteroatoms. The van der Waals surface area contributed by atoms with Crippen molar-refractivity contribution in [3.8, 4) is 0 Å². The average molecular weight is 247 g/mol. The van der Waals surface area contributed by atoms with Gasteiger partial charge < -0.3 is 14.9 Å². The Kier molecular flexibility index (Phi) is 3.33. The van der Waals surface area contributed by atoms with E-state index in [0.717, 1.165) is 0 Å². The fraction of sp³-hybridized carbons (Fsp3) is 0.0909. The number of carboxylic acids is 1. The molecule has 0 spiro atoms. The zero-order valence-corrected chi connectivity index (χ0v) is 9.16. The van der Waals surface area contributed by atoms with Crippen molar-refractivity contribution in [2.24, 2.45) is 0 Å². The number of nitrogens with zero attached hydrogens (tertiary/aromatic N) is 2. The van der Waals surface area contributed by atoms with E-state index in [-0.39, 0.29) is 17.9 Å². The highest BCUT2D eigenvalue weighted by molar-refractivity contribution is 5.94. The molecular weight excluding hydrogens is 238 g/mol. The molecule has 0 radical (unpaired) electrons. The van der Waals surface area contributed by atoms with Crippen molar-refractivity contribution >= 4 is 11.9 Å². The molecule has 0 saturated heterocycles. The summed E-state index contributed by atoms with van der Waals surface area (Å²) in [6, 6.07) is 5.82. The van der Waals surface area contributed by atoms with E-state index in [1.807, 2.05) is 0 Å². The number of carbonyl (C=O) groups excluding carboxylic acids is 1. The van der Waals surface area contributed by atoms with Gasteiger partial charge in [0.05, 0.1) is 6.54 Å². The molecule has 7 nitrogen and oxygen atoms in total. The van der Waals surface area contributed by atoms with Crippen LogP contribution in [0.2, 0.25) is 0 Å². The van der Waals surface area contributed by atoms with Crippen LogP contribution in [0.3, 0.4) is 0 Å². The molecule has 2 aromatic heterocycles. The van der Waals surface area contributed by atoms with Gasteiger partial charge in [-0.15, -0.1) is 0 Å². The van der Waals surface area contributed by atoms with Crippen molar-refractivity contribution in [3.05, 3.63) is 47.6 Å². The van der Waals surface area contributed by atoms with Gasteiger partial charge in [-0.3, -0.25) is 4.79 Å². The molecule has 1 amide bonds. The minimum absolute atomic E-state index is 0.0402. The lowest BCUT2D eigenvalue weighted by Crippen LogP contribution is -2.24. The van der Waals surface area contributed by atoms with Crippen LogP contribution < -0.4 is 5.32 Å². The van der Waals surface area contributed by atoms with Crippen LogP contribution in [0.15, 0.2) is 35.1 Å². The Morgan fingerprint density at radius 3 is 2.72 bits per heavy atom. The van der Waals surface area contributed by atoms with E-state index in [2.05, 4.69) is 20.0 Å². The maximum Gasteiger partial charge on any atom is 0.354 e. The van der Waals surface area contributed by atoms with Gasteiger partial charge >= 0.3 is 5.97 Å². The van der Waals surface area contributed by atoms with Crippen molar-refractivity contribution in [3.63, 3.8) is 0 Å². The van der Waals surface area contributed by atoms with Crippen molar-refractivity contribution in [2.75, 3.05) is 0 Å². The average Bonchev–Trinajstić information content (AvgIpc) is 2.89. The number of carbonyl (C=O) groups is 2. The molecular formula is C11H9N3O4. The largest absolute Gasteiger partial charge is 0.477 e. The van der Waals surface area contributed by atoms with E-state index in [4.69, 9.17) is 5.11 Å². The van der Waals surface area contributed by atoms with Gasteiger partial charge in [-0.1, -0.05) is 11.2 Å². The first kappa shape index (κ1) is 11.8. The standard InChI is InChI=1S/C11H9N3O4/c15-10(12-6-7-4-5-18-14-7)8-2-1-3-9(13-8)11(16)17/h1-5H,6H2,(H,12,15)(H,16,17). The molecule has 2 heterocycles. The molecule has 0 saturated carbocycles. The van der Waals surface area contributed by atoms with Crippen LogP contribution in [0, 0.1) is 0 Å². The second-order valence-corrected chi connectivity index (χ2v) is 3.39. The van der Waals surface area contributed by atoms with Gasteiger partial charge in [0.25, 0.3) is 5.91 Å². The van der Waals surface area contributed by atoms with Gasteiger partial charge in [-0.05, 0) is 12.1 Å². The Balaban J connectivity index is 2.04. The highest BCUT2D eigenvalue weighted by atomic mass is 16.5. The number of rotatable bonds is 4. The van der Waals surface area contributed by atoms with Crippen LogP contribution in [0.25, 0.3) is 0 Å². The predicted molar refractivity (Wildman–Crippen MR) is 58.9 cm³/mol. The van der Waals surface area contributed by atoms with Crippen molar-refractivity contribution < 1.29 is 19.2 Å². The predicted octanol–water partition coefficient (Wildman–Crippen LogP) is 0.698. The van der Waals surface area contributed by atoms with E-state index < -0.39 is 11.9 Å². The highest BCUT2D eigenvalue weighted by Crippen LogP contribution is 2.00. The molecule has 92 valence electrons. The van der Waals surface area contributed by atoms with Gasteiger partial charge in [0.2, 0.25) is 0 Å². The molecule has 0 aromatic carbocycles. The van der Waals surface area contributed by atoms with E-state index in [1.165, 1.54) is 24.5 Å². The Bertz CT molecular complexity index is 565. The second kappa shape index (κ2) is 5.09. The maximum atomic E-state index is 11.7. The molecule has 0 aliphatic rings. The van der Waals surface area contributed by atoms with Gasteiger partial charge in [-0.2, -0.15) is 0 Å². The molecule has 0 aliphatic carbocycles. The number of aromatic carboxylic acids is 1. The van der Waals surface area contributed by atoms with Crippen molar-refractivity contribution in [2.45, 2.75) is 6.54 Å². The van der Waals surface area contributed by atoms with Crippen LogP contribution in [0.1, 0.15) is 26.7 Å². The summed E-state index contributed by atoms with van der Waals surface area (Å²) in [5.41, 5.74) is 0.431. The van der Waals surface area contributed by atoms with Crippen LogP contribution >= 0.6 is 0 Å². The van der Waals surface area contributed by atoms with E-state index in [9.17, 15) is 9.59 Å². The molecule has 0 unspecified atom stereocenters. The zero-order chi connectivity index (χ0) is 13.0. The normalized spacial score (nSPS) is 10.0. The lowest BCUT2D eigenvalue weighted by Gasteiger charge is -2.02. The van der Waals surface area contributed by atoms with Crippen LogP contribution in [0.4, 0.5) is 0 Å². The monoisotopic (exact) mass is 247 g/mol. The fourth-order valence-corrected chi connectivity index (χ4v) is 1.27. The molecule has 18 heavy (non-hydrogen) atoms. The summed E-state index contributed by atoms with van der Waals surface area (Å²) in [4.78, 5) is 26.1. The van der Waals surface area contributed by atoms with Crippen molar-refractivity contribution in [1.29, 1.82) is 0 Å². The molecule has 2 aromatic rings. The topological polar surface area (TPSA) is 105 Å². The van der Waals surface area contributed by atoms with E-state index >= 15 is 0 Å². The maximum absolute atomic E-state index is 11.7. The third kappa shape index (κ3) is 2.70. The number of nitrogens with one attached hydrogen (secondary N) is 1. The summed E-state index contributed by atoms with van der Waals surface area (Å²) >= 11 is 0. The number of hydrogen-bond acceptors (Lipinski definition) is 5.